The van der Waals surface area contributed by atoms with Gasteiger partial charge in [-0.15, -0.1) is 5.73 Å². The van der Waals surface area contributed by atoms with E-state index in [2.05, 4.69) is 143 Å². The maximum absolute atomic E-state index is 3.20. The first-order valence-corrected chi connectivity index (χ1v) is 14.8. The molecule has 0 spiro atoms. The van der Waals surface area contributed by atoms with Crippen molar-refractivity contribution in [1.82, 2.24) is 4.57 Å². The summed E-state index contributed by atoms with van der Waals surface area (Å²) in [6.07, 6.45) is 18.0. The molecule has 5 aromatic rings. The summed E-state index contributed by atoms with van der Waals surface area (Å²) in [7, 11) is 0. The number of para-hydroxylation sites is 2. The minimum Gasteiger partial charge on any atom is -0.314 e. The van der Waals surface area contributed by atoms with Crippen molar-refractivity contribution in [2.45, 2.75) is 33.1 Å². The summed E-state index contributed by atoms with van der Waals surface area (Å²) < 4.78 is 2.39. The first-order chi connectivity index (χ1) is 20.7. The highest BCUT2D eigenvalue weighted by molar-refractivity contribution is 5.95. The lowest BCUT2D eigenvalue weighted by Gasteiger charge is -2.23. The lowest BCUT2D eigenvalue weighted by molar-refractivity contribution is 1.09. The summed E-state index contributed by atoms with van der Waals surface area (Å²) >= 11 is 0. The largest absolute Gasteiger partial charge is 0.314 e. The zero-order chi connectivity index (χ0) is 28.5. The van der Waals surface area contributed by atoms with Gasteiger partial charge in [0.05, 0.1) is 11.2 Å². The molecule has 2 heterocycles. The van der Waals surface area contributed by atoms with E-state index in [-0.39, 0.29) is 0 Å². The predicted molar refractivity (Wildman–Crippen MR) is 179 cm³/mol. The topological polar surface area (TPSA) is 8.17 Å². The Hall–Kier alpha value is -5.04. The van der Waals surface area contributed by atoms with E-state index in [0.29, 0.717) is 0 Å². The van der Waals surface area contributed by atoms with E-state index >= 15 is 0 Å². The smallest absolute Gasteiger partial charge is 0.0541 e. The monoisotopic (exact) mass is 542 g/mol. The SMILES string of the molecule is CC=C=C/C=C1\Cc2ccccc2N1c1ccc(Cc2ccc(-n3c4c(c5ccccc53)C=CCC=C4)cc2)c(C)c1. The third kappa shape index (κ3) is 4.67. The van der Waals surface area contributed by atoms with Crippen molar-refractivity contribution in [3.8, 4) is 5.69 Å². The van der Waals surface area contributed by atoms with Crippen molar-refractivity contribution in [2.24, 2.45) is 0 Å². The van der Waals surface area contributed by atoms with Crippen LogP contribution in [0.1, 0.15) is 46.9 Å². The molecular formula is C40H34N2. The van der Waals surface area contributed by atoms with Crippen LogP contribution in [0.3, 0.4) is 0 Å². The van der Waals surface area contributed by atoms with Crippen molar-refractivity contribution < 1.29 is 0 Å². The molecule has 0 atom stereocenters. The molecule has 0 saturated carbocycles. The normalized spacial score (nSPS) is 14.5. The molecule has 0 bridgehead atoms. The van der Waals surface area contributed by atoms with Crippen LogP contribution >= 0.6 is 0 Å². The number of allylic oxidation sites excluding steroid dienone is 5. The van der Waals surface area contributed by atoms with E-state index in [1.54, 1.807) is 0 Å². The van der Waals surface area contributed by atoms with Gasteiger partial charge in [0.25, 0.3) is 0 Å². The fourth-order valence-electron chi connectivity index (χ4n) is 6.33. The minimum absolute atomic E-state index is 0.906. The number of benzene rings is 4. The van der Waals surface area contributed by atoms with Crippen LogP contribution in [0.15, 0.2) is 133 Å². The van der Waals surface area contributed by atoms with Crippen LogP contribution in [0, 0.1) is 6.92 Å². The summed E-state index contributed by atoms with van der Waals surface area (Å²) in [6, 6.07) is 33.4. The van der Waals surface area contributed by atoms with E-state index in [0.717, 1.165) is 19.3 Å². The number of nitrogens with zero attached hydrogens (tertiary/aromatic N) is 2. The Morgan fingerprint density at radius 3 is 2.48 bits per heavy atom. The molecule has 1 aliphatic heterocycles. The number of fused-ring (bicyclic) bond motifs is 4. The number of hydrogen-bond acceptors (Lipinski definition) is 1. The zero-order valence-corrected chi connectivity index (χ0v) is 24.2. The number of aryl methyl sites for hydroxylation is 1. The van der Waals surface area contributed by atoms with Crippen LogP contribution in [-0.2, 0) is 12.8 Å². The van der Waals surface area contributed by atoms with Crippen LogP contribution in [0.25, 0.3) is 28.7 Å². The second-order valence-corrected chi connectivity index (χ2v) is 11.1. The van der Waals surface area contributed by atoms with Crippen molar-refractivity contribution >= 4 is 34.4 Å². The molecule has 7 rings (SSSR count). The third-order valence-electron chi connectivity index (χ3n) is 8.39. The predicted octanol–water partition coefficient (Wildman–Crippen LogP) is 10.3. The van der Waals surface area contributed by atoms with Gasteiger partial charge in [-0.05, 0) is 110 Å². The summed E-state index contributed by atoms with van der Waals surface area (Å²) in [4.78, 5) is 2.39. The van der Waals surface area contributed by atoms with Gasteiger partial charge >= 0.3 is 0 Å². The molecule has 0 amide bonds. The van der Waals surface area contributed by atoms with E-state index in [4.69, 9.17) is 0 Å². The van der Waals surface area contributed by atoms with Crippen molar-refractivity contribution in [1.29, 1.82) is 0 Å². The summed E-state index contributed by atoms with van der Waals surface area (Å²) in [5.41, 5.74) is 17.3. The maximum Gasteiger partial charge on any atom is 0.0541 e. The first-order valence-electron chi connectivity index (χ1n) is 14.8. The Labute approximate surface area is 248 Å². The molecule has 0 unspecified atom stereocenters. The van der Waals surface area contributed by atoms with Crippen LogP contribution in [-0.4, -0.2) is 4.57 Å². The van der Waals surface area contributed by atoms with Crippen LogP contribution in [0.4, 0.5) is 11.4 Å². The molecule has 204 valence electrons. The lowest BCUT2D eigenvalue weighted by Crippen LogP contribution is -2.12. The molecule has 4 aromatic carbocycles. The number of aromatic nitrogens is 1. The van der Waals surface area contributed by atoms with Gasteiger partial charge in [0.2, 0.25) is 0 Å². The molecule has 2 aliphatic rings. The molecule has 2 heteroatoms. The van der Waals surface area contributed by atoms with E-state index in [9.17, 15) is 0 Å². The fraction of sp³-hybridized carbons (Fsp3) is 0.125. The van der Waals surface area contributed by atoms with Gasteiger partial charge in [0.15, 0.2) is 0 Å². The first kappa shape index (κ1) is 25.9. The molecule has 0 fully saturated rings. The molecule has 0 N–H and O–H groups in total. The van der Waals surface area contributed by atoms with Gasteiger partial charge in [0.1, 0.15) is 0 Å². The maximum atomic E-state index is 3.20. The molecule has 0 radical (unpaired) electrons. The van der Waals surface area contributed by atoms with Gasteiger partial charge in [-0.3, -0.25) is 0 Å². The van der Waals surface area contributed by atoms with E-state index < -0.39 is 0 Å². The van der Waals surface area contributed by atoms with Gasteiger partial charge < -0.3 is 9.47 Å². The number of anilines is 2. The second kappa shape index (κ2) is 11.1. The average molecular weight is 543 g/mol. The molecular weight excluding hydrogens is 508 g/mol. The highest BCUT2D eigenvalue weighted by Gasteiger charge is 2.25. The quantitative estimate of drug-likeness (QED) is 0.201. The molecule has 0 saturated heterocycles. The molecule has 1 aromatic heterocycles. The van der Waals surface area contributed by atoms with E-state index in [1.807, 2.05) is 19.1 Å². The summed E-state index contributed by atoms with van der Waals surface area (Å²) in [5, 5.41) is 1.30. The molecule has 42 heavy (non-hydrogen) atoms. The Kier molecular flexibility index (Phi) is 6.84. The standard InChI is InChI=1S/C40H34N2/c1-3-4-6-14-34-28-32-13-9-11-17-38(32)41(34)35-25-22-31(29(2)26-35)27-30-20-23-33(24-21-30)42-39-18-8-5-7-15-36(39)37-16-10-12-19-40(37)42/h3,6-26H,5,27-28H2,1-2H3/b34-14+. The second-order valence-electron chi connectivity index (χ2n) is 11.1. The summed E-state index contributed by atoms with van der Waals surface area (Å²) in [5.74, 6) is 0. The van der Waals surface area contributed by atoms with Crippen LogP contribution < -0.4 is 4.90 Å². The Morgan fingerprint density at radius 2 is 1.62 bits per heavy atom. The third-order valence-corrected chi connectivity index (χ3v) is 8.39. The van der Waals surface area contributed by atoms with Crippen molar-refractivity contribution in [3.63, 3.8) is 0 Å². The lowest BCUT2D eigenvalue weighted by atomic mass is 9.99. The van der Waals surface area contributed by atoms with E-state index in [1.165, 1.54) is 67.2 Å². The Bertz CT molecular complexity index is 1950. The van der Waals surface area contributed by atoms with Crippen LogP contribution in [0.2, 0.25) is 0 Å². The van der Waals surface area contributed by atoms with Gasteiger partial charge in [-0.1, -0.05) is 72.8 Å². The van der Waals surface area contributed by atoms with Crippen LogP contribution in [0.5, 0.6) is 0 Å². The van der Waals surface area contributed by atoms with Crippen molar-refractivity contribution in [3.05, 3.63) is 166 Å². The number of hydrogen-bond donors (Lipinski definition) is 0. The van der Waals surface area contributed by atoms with Gasteiger partial charge in [-0.2, -0.15) is 0 Å². The molecule has 2 nitrogen and oxygen atoms in total. The average Bonchev–Trinajstić information content (AvgIpc) is 3.43. The molecule has 1 aliphatic carbocycles. The minimum atomic E-state index is 0.906. The summed E-state index contributed by atoms with van der Waals surface area (Å²) in [6.45, 7) is 4.23. The fourth-order valence-corrected chi connectivity index (χ4v) is 6.33. The number of rotatable bonds is 5. The van der Waals surface area contributed by atoms with Crippen molar-refractivity contribution in [2.75, 3.05) is 4.90 Å². The Balaban J connectivity index is 1.18. The zero-order valence-electron chi connectivity index (χ0n) is 24.2. The highest BCUT2D eigenvalue weighted by atomic mass is 15.2. The van der Waals surface area contributed by atoms with Gasteiger partial charge in [-0.25, -0.2) is 0 Å². The van der Waals surface area contributed by atoms with Gasteiger partial charge in [0, 0.05) is 40.1 Å². The highest BCUT2D eigenvalue weighted by Crippen LogP contribution is 2.41. The Morgan fingerprint density at radius 1 is 0.833 bits per heavy atom.